The van der Waals surface area contributed by atoms with Gasteiger partial charge in [0.2, 0.25) is 5.75 Å². The Balaban J connectivity index is 1.44. The quantitative estimate of drug-likeness (QED) is 0.478. The maximum Gasteiger partial charge on any atom is 0.203 e. The van der Waals surface area contributed by atoms with Gasteiger partial charge in [-0.25, -0.2) is 0 Å². The summed E-state index contributed by atoms with van der Waals surface area (Å²) >= 11 is 12.5. The molecule has 8 heteroatoms. The Morgan fingerprint density at radius 3 is 2.19 bits per heavy atom. The zero-order chi connectivity index (χ0) is 23.1. The molecule has 0 spiro atoms. The second-order valence-corrected chi connectivity index (χ2v) is 8.66. The van der Waals surface area contributed by atoms with Gasteiger partial charge in [-0.3, -0.25) is 4.90 Å². The van der Waals surface area contributed by atoms with Crippen LogP contribution in [0.2, 0.25) is 10.0 Å². The topological polar surface area (TPSA) is 54.4 Å². The Hall–Kier alpha value is -1.86. The summed E-state index contributed by atoms with van der Waals surface area (Å²) in [5.74, 6) is 1.64. The second-order valence-electron chi connectivity index (χ2n) is 7.87. The molecule has 0 aromatic heterocycles. The number of anilines is 1. The standard InChI is InChI=1S/C24H32Cl2N2O4/c1-30-21-15-17(16-22(31-2)24(21)32-3)20(29)9-4-5-10-27-11-13-28(14-12-27)19-8-6-7-18(25)23(19)26/h6-8,15-16,20,29H,4-5,9-14H2,1-3H3. The second kappa shape index (κ2) is 11.8. The minimum absolute atomic E-state index is 0.532. The van der Waals surface area contributed by atoms with Crippen molar-refractivity contribution < 1.29 is 19.3 Å². The summed E-state index contributed by atoms with van der Waals surface area (Å²) < 4.78 is 16.1. The van der Waals surface area contributed by atoms with Crippen LogP contribution >= 0.6 is 23.2 Å². The van der Waals surface area contributed by atoms with Crippen LogP contribution in [0, 0.1) is 0 Å². The number of aliphatic hydroxyl groups excluding tert-OH is 1. The van der Waals surface area contributed by atoms with Crippen LogP contribution in [0.4, 0.5) is 5.69 Å². The maximum absolute atomic E-state index is 10.7. The molecule has 1 unspecified atom stereocenters. The largest absolute Gasteiger partial charge is 0.493 e. The molecule has 3 rings (SSSR count). The third-order valence-electron chi connectivity index (χ3n) is 5.92. The summed E-state index contributed by atoms with van der Waals surface area (Å²) in [6.07, 6.45) is 2.06. The number of piperazine rings is 1. The number of halogens is 2. The van der Waals surface area contributed by atoms with Crippen molar-refractivity contribution in [3.63, 3.8) is 0 Å². The summed E-state index contributed by atoms with van der Waals surface area (Å²) in [4.78, 5) is 4.75. The highest BCUT2D eigenvalue weighted by Crippen LogP contribution is 2.40. The van der Waals surface area contributed by atoms with Crippen LogP contribution in [-0.4, -0.2) is 64.1 Å². The highest BCUT2D eigenvalue weighted by atomic mass is 35.5. The normalized spacial score (nSPS) is 15.5. The summed E-state index contributed by atoms with van der Waals surface area (Å²) in [6.45, 7) is 4.83. The van der Waals surface area contributed by atoms with E-state index in [0.29, 0.717) is 33.7 Å². The number of unbranched alkanes of at least 4 members (excludes halogenated alkanes) is 1. The van der Waals surface area contributed by atoms with Crippen molar-refractivity contribution in [1.82, 2.24) is 4.90 Å². The summed E-state index contributed by atoms with van der Waals surface area (Å²) in [7, 11) is 4.72. The van der Waals surface area contributed by atoms with Gasteiger partial charge in [-0.2, -0.15) is 0 Å². The predicted octanol–water partition coefficient (Wildman–Crippen LogP) is 5.05. The molecule has 1 saturated heterocycles. The van der Waals surface area contributed by atoms with Crippen LogP contribution in [0.15, 0.2) is 30.3 Å². The van der Waals surface area contributed by atoms with E-state index in [1.165, 1.54) is 0 Å². The Kier molecular flexibility index (Phi) is 9.17. The van der Waals surface area contributed by atoms with Gasteiger partial charge >= 0.3 is 0 Å². The number of nitrogens with zero attached hydrogens (tertiary/aromatic N) is 2. The Morgan fingerprint density at radius 2 is 1.59 bits per heavy atom. The van der Waals surface area contributed by atoms with Crippen LogP contribution in [0.5, 0.6) is 17.2 Å². The first-order valence-corrected chi connectivity index (χ1v) is 11.6. The third kappa shape index (κ3) is 5.93. The fourth-order valence-corrected chi connectivity index (χ4v) is 4.50. The van der Waals surface area contributed by atoms with Gasteiger partial charge in [0.25, 0.3) is 0 Å². The first-order chi connectivity index (χ1) is 15.5. The number of ether oxygens (including phenoxy) is 3. The zero-order valence-corrected chi connectivity index (χ0v) is 20.5. The van der Waals surface area contributed by atoms with E-state index in [1.807, 2.05) is 30.3 Å². The maximum atomic E-state index is 10.7. The summed E-state index contributed by atoms with van der Waals surface area (Å²) in [6, 6.07) is 9.40. The summed E-state index contributed by atoms with van der Waals surface area (Å²) in [5.41, 5.74) is 1.78. The fraction of sp³-hybridized carbons (Fsp3) is 0.500. The summed E-state index contributed by atoms with van der Waals surface area (Å²) in [5, 5.41) is 11.9. The molecule has 0 aliphatic carbocycles. The molecule has 1 aliphatic rings. The van der Waals surface area contributed by atoms with Gasteiger partial charge in [0.1, 0.15) is 0 Å². The number of hydrogen-bond donors (Lipinski definition) is 1. The molecule has 0 amide bonds. The van der Waals surface area contributed by atoms with Crippen molar-refractivity contribution in [3.8, 4) is 17.2 Å². The lowest BCUT2D eigenvalue weighted by Crippen LogP contribution is -2.46. The monoisotopic (exact) mass is 482 g/mol. The van der Waals surface area contributed by atoms with Crippen molar-refractivity contribution in [2.24, 2.45) is 0 Å². The van der Waals surface area contributed by atoms with Crippen molar-refractivity contribution >= 4 is 28.9 Å². The van der Waals surface area contributed by atoms with E-state index in [1.54, 1.807) is 21.3 Å². The molecule has 1 atom stereocenters. The predicted molar refractivity (Wildman–Crippen MR) is 130 cm³/mol. The van der Waals surface area contributed by atoms with Gasteiger partial charge in [0, 0.05) is 26.2 Å². The van der Waals surface area contributed by atoms with Crippen LogP contribution in [-0.2, 0) is 0 Å². The van der Waals surface area contributed by atoms with Crippen molar-refractivity contribution in [1.29, 1.82) is 0 Å². The SMILES string of the molecule is COc1cc(C(O)CCCCN2CCN(c3cccc(Cl)c3Cl)CC2)cc(OC)c1OC. The molecule has 1 fully saturated rings. The van der Waals surface area contributed by atoms with E-state index >= 15 is 0 Å². The fourth-order valence-electron chi connectivity index (χ4n) is 4.08. The number of aliphatic hydroxyl groups is 1. The van der Waals surface area contributed by atoms with E-state index in [9.17, 15) is 5.11 Å². The first kappa shape index (κ1) is 24.8. The molecule has 1 aliphatic heterocycles. The minimum atomic E-state index is -0.578. The van der Waals surface area contributed by atoms with Crippen LogP contribution in [0.3, 0.4) is 0 Å². The highest BCUT2D eigenvalue weighted by Gasteiger charge is 2.20. The lowest BCUT2D eigenvalue weighted by molar-refractivity contribution is 0.159. The van der Waals surface area contributed by atoms with Crippen LogP contribution < -0.4 is 19.1 Å². The molecule has 2 aromatic carbocycles. The smallest absolute Gasteiger partial charge is 0.203 e. The van der Waals surface area contributed by atoms with Crippen LogP contribution in [0.1, 0.15) is 30.9 Å². The van der Waals surface area contributed by atoms with Crippen molar-refractivity contribution in [2.45, 2.75) is 25.4 Å². The molecular weight excluding hydrogens is 451 g/mol. The number of rotatable bonds is 10. The molecule has 176 valence electrons. The molecule has 1 N–H and O–H groups in total. The molecule has 2 aromatic rings. The number of benzene rings is 2. The van der Waals surface area contributed by atoms with Gasteiger partial charge < -0.3 is 24.2 Å². The lowest BCUT2D eigenvalue weighted by Gasteiger charge is -2.36. The third-order valence-corrected chi connectivity index (χ3v) is 6.73. The molecule has 0 radical (unpaired) electrons. The molecular formula is C24H32Cl2N2O4. The Bertz CT molecular complexity index is 863. The van der Waals surface area contributed by atoms with E-state index in [-0.39, 0.29) is 0 Å². The minimum Gasteiger partial charge on any atom is -0.493 e. The van der Waals surface area contributed by atoms with Crippen molar-refractivity contribution in [2.75, 3.05) is 59.0 Å². The average Bonchev–Trinajstić information content (AvgIpc) is 2.82. The number of methoxy groups -OCH3 is 3. The highest BCUT2D eigenvalue weighted by molar-refractivity contribution is 6.43. The van der Waals surface area contributed by atoms with E-state index < -0.39 is 6.10 Å². The first-order valence-electron chi connectivity index (χ1n) is 10.9. The van der Waals surface area contributed by atoms with Gasteiger partial charge in [-0.1, -0.05) is 29.3 Å². The van der Waals surface area contributed by atoms with E-state index in [2.05, 4.69) is 9.80 Å². The lowest BCUT2D eigenvalue weighted by atomic mass is 10.0. The Morgan fingerprint density at radius 1 is 0.938 bits per heavy atom. The molecule has 6 nitrogen and oxygen atoms in total. The zero-order valence-electron chi connectivity index (χ0n) is 18.9. The van der Waals surface area contributed by atoms with Gasteiger partial charge in [0.05, 0.1) is 43.2 Å². The van der Waals surface area contributed by atoms with Gasteiger partial charge in [-0.05, 0) is 55.6 Å². The van der Waals surface area contributed by atoms with E-state index in [4.69, 9.17) is 37.4 Å². The molecule has 0 bridgehead atoms. The molecule has 1 heterocycles. The molecule has 0 saturated carbocycles. The van der Waals surface area contributed by atoms with Gasteiger partial charge in [-0.15, -0.1) is 0 Å². The molecule has 32 heavy (non-hydrogen) atoms. The average molecular weight is 483 g/mol. The van der Waals surface area contributed by atoms with Crippen molar-refractivity contribution in [3.05, 3.63) is 45.9 Å². The Labute approximate surface area is 200 Å². The van der Waals surface area contributed by atoms with Crippen LogP contribution in [0.25, 0.3) is 0 Å². The number of hydrogen-bond acceptors (Lipinski definition) is 6. The van der Waals surface area contributed by atoms with E-state index in [0.717, 1.165) is 56.8 Å². The van der Waals surface area contributed by atoms with Gasteiger partial charge in [0.15, 0.2) is 11.5 Å².